The molecule has 17 heteroatoms. The summed E-state index contributed by atoms with van der Waals surface area (Å²) in [5.74, 6) is -3.79. The highest BCUT2D eigenvalue weighted by Gasteiger charge is 2.48. The van der Waals surface area contributed by atoms with Crippen molar-refractivity contribution in [3.05, 3.63) is 94.0 Å². The van der Waals surface area contributed by atoms with Crippen LogP contribution in [0.15, 0.2) is 93.9 Å². The van der Waals surface area contributed by atoms with Crippen molar-refractivity contribution in [2.45, 2.75) is 63.2 Å². The first kappa shape index (κ1) is 41.5. The zero-order valence-corrected chi connectivity index (χ0v) is 33.7. The van der Waals surface area contributed by atoms with E-state index in [0.717, 1.165) is 37.4 Å². The van der Waals surface area contributed by atoms with Gasteiger partial charge in [0.1, 0.15) is 10.4 Å². The predicted molar refractivity (Wildman–Crippen MR) is 218 cm³/mol. The maximum absolute atomic E-state index is 14.3. The summed E-state index contributed by atoms with van der Waals surface area (Å²) in [7, 11) is -4.39. The number of hydrogen-bond donors (Lipinski definition) is 3. The number of nitrogens with one attached hydrogen (secondary N) is 2. The first-order valence-electron chi connectivity index (χ1n) is 18.6. The number of para-hydroxylation sites is 2. The molecular weight excluding hydrogens is 791 g/mol. The number of thiazole rings is 1. The van der Waals surface area contributed by atoms with Gasteiger partial charge in [-0.3, -0.25) is 23.7 Å². The second-order valence-corrected chi connectivity index (χ2v) is 17.4. The SMILES string of the molecule is CCN1/C(=C/C=C2C=C(/C=C/c3nc4ccccc4s3)CC(C(=O)NCCCCCC(=O)ON3C(=O)CCC3=O)(C(=O)NCCS(=O)(=O)O)C/2)Sc2ccccc21. The number of thioether (sulfide) groups is 1. The van der Waals surface area contributed by atoms with Crippen LogP contribution in [0, 0.1) is 5.41 Å². The molecule has 3 N–H and O–H groups in total. The highest BCUT2D eigenvalue weighted by atomic mass is 32.2. The van der Waals surface area contributed by atoms with Crippen molar-refractivity contribution in [2.24, 2.45) is 5.41 Å². The van der Waals surface area contributed by atoms with Gasteiger partial charge in [0.05, 0.1) is 26.7 Å². The topological polar surface area (TPSA) is 192 Å². The number of aromatic nitrogens is 1. The number of hydroxylamine groups is 2. The highest BCUT2D eigenvalue weighted by Crippen LogP contribution is 2.46. The Bertz CT molecular complexity index is 2250. The van der Waals surface area contributed by atoms with Gasteiger partial charge in [-0.25, -0.2) is 9.78 Å². The van der Waals surface area contributed by atoms with E-state index in [1.165, 1.54) is 11.3 Å². The molecule has 2 aliphatic heterocycles. The maximum Gasteiger partial charge on any atom is 0.333 e. The Morgan fingerprint density at radius 1 is 0.930 bits per heavy atom. The molecule has 1 aromatic heterocycles. The number of carbonyl (C=O) groups is 5. The second-order valence-electron chi connectivity index (χ2n) is 13.7. The number of unbranched alkanes of at least 4 members (excludes halogenated alkanes) is 2. The first-order valence-corrected chi connectivity index (χ1v) is 21.9. The molecule has 2 aromatic carbocycles. The molecule has 0 bridgehead atoms. The number of amides is 4. The summed E-state index contributed by atoms with van der Waals surface area (Å²) in [6, 6.07) is 15.8. The van der Waals surface area contributed by atoms with Gasteiger partial charge in [-0.15, -0.1) is 16.4 Å². The van der Waals surface area contributed by atoms with Crippen LogP contribution in [-0.2, 0) is 38.9 Å². The molecule has 3 aromatic rings. The molecule has 300 valence electrons. The summed E-state index contributed by atoms with van der Waals surface area (Å²) >= 11 is 3.13. The summed E-state index contributed by atoms with van der Waals surface area (Å²) in [6.45, 7) is 2.56. The van der Waals surface area contributed by atoms with Crippen LogP contribution in [0.2, 0.25) is 0 Å². The van der Waals surface area contributed by atoms with Gasteiger partial charge in [-0.2, -0.15) is 8.42 Å². The third-order valence-electron chi connectivity index (χ3n) is 9.58. The van der Waals surface area contributed by atoms with Crippen LogP contribution in [0.1, 0.15) is 63.3 Å². The van der Waals surface area contributed by atoms with Gasteiger partial charge < -0.3 is 20.4 Å². The van der Waals surface area contributed by atoms with E-state index in [4.69, 9.17) is 9.82 Å². The number of allylic oxidation sites excluding steroid dienone is 6. The van der Waals surface area contributed by atoms with E-state index < -0.39 is 57.4 Å². The smallest absolute Gasteiger partial charge is 0.333 e. The van der Waals surface area contributed by atoms with Crippen LogP contribution < -0.4 is 15.5 Å². The van der Waals surface area contributed by atoms with Gasteiger partial charge in [-0.1, -0.05) is 60.7 Å². The van der Waals surface area contributed by atoms with Gasteiger partial charge in [0.2, 0.25) is 11.8 Å². The Balaban J connectivity index is 1.22. The lowest BCUT2D eigenvalue weighted by atomic mass is 9.70. The molecule has 1 unspecified atom stereocenters. The molecule has 1 atom stereocenters. The number of fused-ring (bicyclic) bond motifs is 2. The molecule has 0 saturated carbocycles. The zero-order valence-electron chi connectivity index (χ0n) is 31.3. The van der Waals surface area contributed by atoms with E-state index >= 15 is 0 Å². The maximum atomic E-state index is 14.3. The summed E-state index contributed by atoms with van der Waals surface area (Å²) in [5.41, 5.74) is 1.62. The summed E-state index contributed by atoms with van der Waals surface area (Å²) in [6.07, 6.45) is 10.8. The lowest BCUT2D eigenvalue weighted by Crippen LogP contribution is -2.53. The largest absolute Gasteiger partial charge is 0.355 e. The Morgan fingerprint density at radius 3 is 2.39 bits per heavy atom. The summed E-state index contributed by atoms with van der Waals surface area (Å²) < 4.78 is 33.5. The van der Waals surface area contributed by atoms with Crippen LogP contribution in [-0.4, -0.2) is 78.0 Å². The van der Waals surface area contributed by atoms with Crippen LogP contribution in [0.3, 0.4) is 0 Å². The zero-order chi connectivity index (χ0) is 40.6. The molecule has 14 nitrogen and oxygen atoms in total. The van der Waals surface area contributed by atoms with E-state index in [-0.39, 0.29) is 38.6 Å². The van der Waals surface area contributed by atoms with Gasteiger partial charge in [0, 0.05) is 43.8 Å². The monoisotopic (exact) mass is 833 g/mol. The minimum absolute atomic E-state index is 0.00230. The molecule has 1 aliphatic carbocycles. The lowest BCUT2D eigenvalue weighted by Gasteiger charge is -2.35. The average Bonchev–Trinajstić information content (AvgIpc) is 3.87. The number of imide groups is 1. The number of carbonyl (C=O) groups excluding carboxylic acids is 5. The number of benzene rings is 2. The van der Waals surface area contributed by atoms with Crippen LogP contribution in [0.4, 0.5) is 5.69 Å². The van der Waals surface area contributed by atoms with Gasteiger partial charge in [0.15, 0.2) is 0 Å². The molecule has 3 heterocycles. The van der Waals surface area contributed by atoms with Crippen molar-refractivity contribution in [2.75, 3.05) is 30.3 Å². The average molecular weight is 834 g/mol. The van der Waals surface area contributed by atoms with Gasteiger partial charge >= 0.3 is 5.97 Å². The summed E-state index contributed by atoms with van der Waals surface area (Å²) in [5, 5.41) is 7.72. The van der Waals surface area contributed by atoms with Crippen molar-refractivity contribution >= 4 is 84.8 Å². The fourth-order valence-corrected chi connectivity index (χ4v) is 9.13. The van der Waals surface area contributed by atoms with E-state index in [1.807, 2.05) is 66.8 Å². The second kappa shape index (κ2) is 18.4. The number of hydrogen-bond acceptors (Lipinski definition) is 12. The Morgan fingerprint density at radius 2 is 1.65 bits per heavy atom. The van der Waals surface area contributed by atoms with E-state index in [0.29, 0.717) is 35.5 Å². The van der Waals surface area contributed by atoms with Crippen molar-refractivity contribution in [3.8, 4) is 0 Å². The molecule has 0 radical (unpaired) electrons. The molecule has 4 amide bonds. The molecule has 6 rings (SSSR count). The fourth-order valence-electron chi connectivity index (χ4n) is 6.77. The normalized spacial score (nSPS) is 19.8. The molecule has 1 fully saturated rings. The summed E-state index contributed by atoms with van der Waals surface area (Å²) in [4.78, 5) is 77.1. The quantitative estimate of drug-likeness (QED) is 0.0691. The van der Waals surface area contributed by atoms with E-state index in [1.54, 1.807) is 11.8 Å². The van der Waals surface area contributed by atoms with Crippen molar-refractivity contribution < 1.29 is 41.8 Å². The van der Waals surface area contributed by atoms with Crippen molar-refractivity contribution in [1.29, 1.82) is 0 Å². The van der Waals surface area contributed by atoms with Crippen LogP contribution in [0.5, 0.6) is 0 Å². The van der Waals surface area contributed by atoms with Gasteiger partial charge in [0.25, 0.3) is 21.9 Å². The van der Waals surface area contributed by atoms with Gasteiger partial charge in [-0.05, 0) is 80.2 Å². The number of nitrogens with zero attached hydrogens (tertiary/aromatic N) is 3. The Hall–Kier alpha value is -5.10. The predicted octanol–water partition coefficient (Wildman–Crippen LogP) is 5.70. The molecule has 3 aliphatic rings. The third-order valence-corrected chi connectivity index (χ3v) is 12.4. The van der Waals surface area contributed by atoms with E-state index in [2.05, 4.69) is 34.6 Å². The Labute approximate surface area is 338 Å². The minimum Gasteiger partial charge on any atom is -0.355 e. The van der Waals surface area contributed by atoms with Crippen molar-refractivity contribution in [1.82, 2.24) is 20.7 Å². The number of anilines is 1. The molecule has 0 spiro atoms. The fraction of sp³-hybridized carbons (Fsp3) is 0.350. The lowest BCUT2D eigenvalue weighted by molar-refractivity contribution is -0.197. The highest BCUT2D eigenvalue weighted by molar-refractivity contribution is 8.03. The molecule has 57 heavy (non-hydrogen) atoms. The van der Waals surface area contributed by atoms with E-state index in [9.17, 15) is 36.9 Å². The van der Waals surface area contributed by atoms with Crippen molar-refractivity contribution in [3.63, 3.8) is 0 Å². The Kier molecular flexibility index (Phi) is 13.4. The molecular formula is C40H43N5O9S3. The first-order chi connectivity index (χ1) is 27.3. The van der Waals surface area contributed by atoms with Crippen LogP contribution >= 0.6 is 23.1 Å². The standard InChI is InChI=1S/C40H43N5O9S3/c1-2-44-30-11-6-8-13-32(30)56-36(44)20-16-28-24-27(15-17-33-43-29-10-5-7-12-31(29)55-33)25-40(26-28,39(50)42-22-23-57(51,52)53)38(49)41-21-9-3-4-14-37(48)54-45-34(46)18-19-35(45)47/h5-8,10-13,15-17,20,24H,2-4,9,14,18-19,21-23,25-26H2,1H3,(H,41,49)(H,42,50)(H,51,52,53)/b17-15+,28-16-,36-20-. The number of rotatable bonds is 16. The third kappa shape index (κ3) is 10.5. The minimum atomic E-state index is -4.39. The van der Waals surface area contributed by atoms with Crippen LogP contribution in [0.25, 0.3) is 16.3 Å². The molecule has 1 saturated heterocycles.